The topological polar surface area (TPSA) is 81.0 Å². The third kappa shape index (κ3) is 5.67. The van der Waals surface area contributed by atoms with Gasteiger partial charge in [-0.25, -0.2) is 0 Å². The van der Waals surface area contributed by atoms with Crippen LogP contribution in [0.2, 0.25) is 0 Å². The van der Waals surface area contributed by atoms with Crippen LogP contribution in [0.3, 0.4) is 0 Å². The largest absolute Gasteiger partial charge is 0.495 e. The highest BCUT2D eigenvalue weighted by molar-refractivity contribution is 7.84. The molecule has 1 amide bonds. The number of para-hydroxylation sites is 1. The van der Waals surface area contributed by atoms with Gasteiger partial charge >= 0.3 is 0 Å². The molecule has 3 rings (SSSR count). The van der Waals surface area contributed by atoms with Crippen molar-refractivity contribution in [3.8, 4) is 5.75 Å². The van der Waals surface area contributed by atoms with E-state index in [0.29, 0.717) is 22.9 Å². The van der Waals surface area contributed by atoms with Crippen molar-refractivity contribution in [2.75, 3.05) is 46.5 Å². The molecule has 0 unspecified atom stereocenters. The number of morpholine rings is 1. The van der Waals surface area contributed by atoms with Crippen LogP contribution in [0.5, 0.6) is 5.75 Å². The lowest BCUT2D eigenvalue weighted by Gasteiger charge is -2.26. The van der Waals surface area contributed by atoms with Gasteiger partial charge in [-0.3, -0.25) is 13.9 Å². The van der Waals surface area contributed by atoms with Gasteiger partial charge in [-0.05, 0) is 37.2 Å². The molecule has 152 valence electrons. The predicted octanol–water partition coefficient (Wildman–Crippen LogP) is 2.05. The first-order valence-electron chi connectivity index (χ1n) is 9.36. The number of methoxy groups -OCH3 is 1. The molecule has 1 aromatic heterocycles. The molecule has 0 radical (unpaired) electrons. The molecule has 2 aromatic rings. The van der Waals surface area contributed by atoms with E-state index in [4.69, 9.17) is 13.9 Å². The predicted molar refractivity (Wildman–Crippen MR) is 106 cm³/mol. The number of benzene rings is 1. The molecular weight excluding hydrogens is 380 g/mol. The van der Waals surface area contributed by atoms with Gasteiger partial charge in [-0.15, -0.1) is 0 Å². The summed E-state index contributed by atoms with van der Waals surface area (Å²) in [6, 6.07) is 10.5. The zero-order chi connectivity index (χ0) is 19.8. The molecule has 1 N–H and O–H groups in total. The van der Waals surface area contributed by atoms with Crippen LogP contribution >= 0.6 is 0 Å². The summed E-state index contributed by atoms with van der Waals surface area (Å²) < 4.78 is 28.7. The Morgan fingerprint density at radius 2 is 2.00 bits per heavy atom. The Kier molecular flexibility index (Phi) is 7.64. The van der Waals surface area contributed by atoms with Crippen molar-refractivity contribution in [2.24, 2.45) is 0 Å². The van der Waals surface area contributed by atoms with E-state index in [0.717, 1.165) is 39.3 Å². The third-order valence-electron chi connectivity index (χ3n) is 4.51. The van der Waals surface area contributed by atoms with Gasteiger partial charge in [0.2, 0.25) is 0 Å². The van der Waals surface area contributed by atoms with E-state index in [1.54, 1.807) is 31.4 Å². The number of rotatable bonds is 9. The van der Waals surface area contributed by atoms with Crippen LogP contribution in [0.15, 0.2) is 45.7 Å². The first kappa shape index (κ1) is 20.6. The van der Waals surface area contributed by atoms with Crippen molar-refractivity contribution in [3.05, 3.63) is 47.9 Å². The highest BCUT2D eigenvalue weighted by Crippen LogP contribution is 2.24. The van der Waals surface area contributed by atoms with Gasteiger partial charge in [-0.2, -0.15) is 0 Å². The first-order valence-corrected chi connectivity index (χ1v) is 10.7. The second-order valence-electron chi connectivity index (χ2n) is 6.47. The third-order valence-corrected chi connectivity index (χ3v) is 5.89. The minimum Gasteiger partial charge on any atom is -0.495 e. The van der Waals surface area contributed by atoms with Crippen molar-refractivity contribution in [1.29, 1.82) is 0 Å². The number of carbonyl (C=O) groups is 1. The summed E-state index contributed by atoms with van der Waals surface area (Å²) in [7, 11) is 0.224. The molecule has 0 saturated carbocycles. The SMILES string of the molecule is COc1ccccc1[S@@](=O)Cc1ccc(C(=O)NCCCN2CCOCC2)o1. The lowest BCUT2D eigenvalue weighted by Crippen LogP contribution is -2.38. The maximum Gasteiger partial charge on any atom is 0.286 e. The molecule has 1 saturated heterocycles. The van der Waals surface area contributed by atoms with Gasteiger partial charge in [0.05, 0.1) is 41.8 Å². The average molecular weight is 407 g/mol. The number of hydrogen-bond donors (Lipinski definition) is 1. The summed E-state index contributed by atoms with van der Waals surface area (Å²) in [5.74, 6) is 1.24. The van der Waals surface area contributed by atoms with Crippen molar-refractivity contribution in [2.45, 2.75) is 17.1 Å². The maximum absolute atomic E-state index is 12.6. The zero-order valence-corrected chi connectivity index (χ0v) is 16.8. The number of carbonyl (C=O) groups excluding carboxylic acids is 1. The molecule has 1 aromatic carbocycles. The molecule has 1 aliphatic rings. The second-order valence-corrected chi connectivity index (χ2v) is 7.89. The van der Waals surface area contributed by atoms with Crippen molar-refractivity contribution < 1.29 is 22.9 Å². The number of nitrogens with zero attached hydrogens (tertiary/aromatic N) is 1. The Hall–Kier alpha value is -2.16. The summed E-state index contributed by atoms with van der Waals surface area (Å²) in [6.07, 6.45) is 0.872. The molecule has 8 heteroatoms. The monoisotopic (exact) mass is 406 g/mol. The average Bonchev–Trinajstić information content (AvgIpc) is 3.20. The van der Waals surface area contributed by atoms with Crippen LogP contribution in [0.4, 0.5) is 0 Å². The van der Waals surface area contributed by atoms with E-state index >= 15 is 0 Å². The van der Waals surface area contributed by atoms with Crippen LogP contribution in [0.1, 0.15) is 22.7 Å². The van der Waals surface area contributed by atoms with E-state index in [2.05, 4.69) is 10.2 Å². The van der Waals surface area contributed by atoms with Crippen LogP contribution < -0.4 is 10.1 Å². The Balaban J connectivity index is 1.46. The van der Waals surface area contributed by atoms with Gasteiger partial charge in [0, 0.05) is 19.6 Å². The lowest BCUT2D eigenvalue weighted by atomic mass is 10.3. The molecule has 0 aliphatic carbocycles. The minimum atomic E-state index is -1.32. The van der Waals surface area contributed by atoms with Gasteiger partial charge in [0.1, 0.15) is 11.5 Å². The molecule has 0 spiro atoms. The molecule has 0 bridgehead atoms. The fourth-order valence-corrected chi connectivity index (χ4v) is 4.18. The summed E-state index contributed by atoms with van der Waals surface area (Å²) in [6.45, 7) is 4.96. The summed E-state index contributed by atoms with van der Waals surface area (Å²) in [5, 5.41) is 2.87. The van der Waals surface area contributed by atoms with Crippen LogP contribution in [0.25, 0.3) is 0 Å². The Morgan fingerprint density at radius 1 is 1.21 bits per heavy atom. The van der Waals surface area contributed by atoms with Gasteiger partial charge in [0.25, 0.3) is 5.91 Å². The van der Waals surface area contributed by atoms with E-state index in [1.165, 1.54) is 0 Å². The highest BCUT2D eigenvalue weighted by atomic mass is 32.2. The molecule has 1 fully saturated rings. The van der Waals surface area contributed by atoms with Gasteiger partial charge in [0.15, 0.2) is 5.76 Å². The summed E-state index contributed by atoms with van der Waals surface area (Å²) in [5.41, 5.74) is 0. The smallest absolute Gasteiger partial charge is 0.286 e. The van der Waals surface area contributed by atoms with Crippen molar-refractivity contribution >= 4 is 16.7 Å². The van der Waals surface area contributed by atoms with E-state index in [1.807, 2.05) is 12.1 Å². The summed E-state index contributed by atoms with van der Waals surface area (Å²) in [4.78, 5) is 15.2. The Bertz CT molecular complexity index is 801. The van der Waals surface area contributed by atoms with E-state index in [9.17, 15) is 9.00 Å². The molecule has 1 atom stereocenters. The van der Waals surface area contributed by atoms with Crippen molar-refractivity contribution in [3.63, 3.8) is 0 Å². The number of furan rings is 1. The normalized spacial score (nSPS) is 15.9. The number of hydrogen-bond acceptors (Lipinski definition) is 6. The number of amides is 1. The van der Waals surface area contributed by atoms with Crippen molar-refractivity contribution in [1.82, 2.24) is 10.2 Å². The van der Waals surface area contributed by atoms with Gasteiger partial charge < -0.3 is 19.2 Å². The standard InChI is InChI=1S/C20H26N2O5S/c1-25-17-5-2-3-6-19(17)28(24)15-16-7-8-18(27-16)20(23)21-9-4-10-22-11-13-26-14-12-22/h2-3,5-8H,4,9-15H2,1H3,(H,21,23)/t28-/m0/s1. The fourth-order valence-electron chi connectivity index (χ4n) is 3.01. The van der Waals surface area contributed by atoms with E-state index in [-0.39, 0.29) is 17.4 Å². The Labute approximate surface area is 167 Å². The molecular formula is C20H26N2O5S. The summed E-state index contributed by atoms with van der Waals surface area (Å²) >= 11 is 0. The van der Waals surface area contributed by atoms with Crippen LogP contribution in [-0.4, -0.2) is 61.5 Å². The second kappa shape index (κ2) is 10.4. The quantitative estimate of drug-likeness (QED) is 0.642. The molecule has 2 heterocycles. The van der Waals surface area contributed by atoms with Crippen LogP contribution in [-0.2, 0) is 21.3 Å². The molecule has 28 heavy (non-hydrogen) atoms. The number of ether oxygens (including phenoxy) is 2. The number of nitrogens with one attached hydrogen (secondary N) is 1. The zero-order valence-electron chi connectivity index (χ0n) is 16.0. The fraction of sp³-hybridized carbons (Fsp3) is 0.450. The minimum absolute atomic E-state index is 0.185. The Morgan fingerprint density at radius 3 is 2.79 bits per heavy atom. The maximum atomic E-state index is 12.6. The van der Waals surface area contributed by atoms with E-state index < -0.39 is 10.8 Å². The first-order chi connectivity index (χ1) is 13.7. The van der Waals surface area contributed by atoms with Gasteiger partial charge in [-0.1, -0.05) is 12.1 Å². The lowest BCUT2D eigenvalue weighted by molar-refractivity contribution is 0.0374. The molecule has 1 aliphatic heterocycles. The molecule has 7 nitrogen and oxygen atoms in total. The van der Waals surface area contributed by atoms with Crippen LogP contribution in [0, 0.1) is 0 Å². The highest BCUT2D eigenvalue weighted by Gasteiger charge is 2.16.